The number of benzene rings is 1. The third kappa shape index (κ3) is 5.35. The molecule has 0 aliphatic carbocycles. The summed E-state index contributed by atoms with van der Waals surface area (Å²) in [6.45, 7) is 1.87. The van der Waals surface area contributed by atoms with E-state index in [1.165, 1.54) is 0 Å². The fourth-order valence-corrected chi connectivity index (χ4v) is 2.29. The molecule has 2 amide bonds. The van der Waals surface area contributed by atoms with E-state index >= 15 is 0 Å². The van der Waals surface area contributed by atoms with Crippen molar-refractivity contribution in [2.45, 2.75) is 25.8 Å². The molecule has 5 nitrogen and oxygen atoms in total. The van der Waals surface area contributed by atoms with E-state index < -0.39 is 18.0 Å². The maximum atomic E-state index is 11.8. The highest BCUT2D eigenvalue weighted by molar-refractivity contribution is 14.1. The van der Waals surface area contributed by atoms with Crippen molar-refractivity contribution in [2.24, 2.45) is 0 Å². The standard InChI is InChI=1S/C12H14BrIN2O3/c1-2-3-9(11(17)18)15-12(19)16-10-6-7(13)4-5-8(10)14/h4-6,9H,2-3H2,1H3,(H,17,18)(H2,15,16,19)/t9-/m1/s1. The molecule has 0 spiro atoms. The van der Waals surface area contributed by atoms with Gasteiger partial charge in [0.1, 0.15) is 6.04 Å². The Labute approximate surface area is 133 Å². The number of halogens is 2. The molecule has 0 saturated carbocycles. The summed E-state index contributed by atoms with van der Waals surface area (Å²) in [4.78, 5) is 22.7. The fourth-order valence-electron chi connectivity index (χ4n) is 1.46. The van der Waals surface area contributed by atoms with E-state index in [1.54, 1.807) is 6.07 Å². The second-order valence-electron chi connectivity index (χ2n) is 3.90. The topological polar surface area (TPSA) is 78.4 Å². The van der Waals surface area contributed by atoms with Crippen LogP contribution in [0.15, 0.2) is 22.7 Å². The van der Waals surface area contributed by atoms with Crippen molar-refractivity contribution in [3.63, 3.8) is 0 Å². The molecule has 0 fully saturated rings. The van der Waals surface area contributed by atoms with Gasteiger partial charge in [-0.2, -0.15) is 0 Å². The summed E-state index contributed by atoms with van der Waals surface area (Å²) in [5.74, 6) is -1.03. The third-order valence-electron chi connectivity index (χ3n) is 2.36. The molecule has 1 atom stereocenters. The highest BCUT2D eigenvalue weighted by Crippen LogP contribution is 2.22. The number of hydrogen-bond acceptors (Lipinski definition) is 2. The first-order valence-corrected chi connectivity index (χ1v) is 7.56. The Bertz CT molecular complexity index is 482. The van der Waals surface area contributed by atoms with Gasteiger partial charge in [0.2, 0.25) is 0 Å². The van der Waals surface area contributed by atoms with Crippen LogP contribution in [0, 0.1) is 3.57 Å². The van der Waals surface area contributed by atoms with Crippen LogP contribution in [-0.4, -0.2) is 23.1 Å². The lowest BCUT2D eigenvalue weighted by Gasteiger charge is -2.15. The molecule has 0 heterocycles. The Morgan fingerprint density at radius 1 is 1.47 bits per heavy atom. The zero-order valence-electron chi connectivity index (χ0n) is 10.2. The van der Waals surface area contributed by atoms with Gasteiger partial charge in [0.05, 0.1) is 5.69 Å². The number of aliphatic carboxylic acids is 1. The number of carboxylic acid groups (broad SMARTS) is 1. The maximum Gasteiger partial charge on any atom is 0.326 e. The first kappa shape index (κ1) is 16.2. The lowest BCUT2D eigenvalue weighted by Crippen LogP contribution is -2.43. The minimum absolute atomic E-state index is 0.401. The van der Waals surface area contributed by atoms with Crippen molar-refractivity contribution >= 4 is 56.2 Å². The Morgan fingerprint density at radius 2 is 2.16 bits per heavy atom. The second-order valence-corrected chi connectivity index (χ2v) is 5.98. The summed E-state index contributed by atoms with van der Waals surface area (Å²) >= 11 is 5.41. The molecule has 0 aromatic heterocycles. The number of carbonyl (C=O) groups excluding carboxylic acids is 1. The lowest BCUT2D eigenvalue weighted by atomic mass is 10.2. The van der Waals surface area contributed by atoms with Crippen LogP contribution in [0.4, 0.5) is 10.5 Å². The van der Waals surface area contributed by atoms with E-state index in [2.05, 4.69) is 49.2 Å². The number of nitrogens with one attached hydrogen (secondary N) is 2. The number of urea groups is 1. The molecular weight excluding hydrogens is 427 g/mol. The van der Waals surface area contributed by atoms with Gasteiger partial charge < -0.3 is 15.7 Å². The van der Waals surface area contributed by atoms with Crippen molar-refractivity contribution in [1.82, 2.24) is 5.32 Å². The van der Waals surface area contributed by atoms with Crippen LogP contribution in [-0.2, 0) is 4.79 Å². The van der Waals surface area contributed by atoms with Crippen molar-refractivity contribution in [3.8, 4) is 0 Å². The lowest BCUT2D eigenvalue weighted by molar-refractivity contribution is -0.139. The SMILES string of the molecule is CCC[C@@H](NC(=O)Nc1cc(Br)ccc1I)C(=O)O. The summed E-state index contributed by atoms with van der Waals surface area (Å²) in [6, 6.07) is 4.09. The molecule has 104 valence electrons. The normalized spacial score (nSPS) is 11.7. The van der Waals surface area contributed by atoms with Crippen LogP contribution in [0.5, 0.6) is 0 Å². The second kappa shape index (κ2) is 7.68. The average molecular weight is 441 g/mol. The molecule has 1 aromatic rings. The summed E-state index contributed by atoms with van der Waals surface area (Å²) < 4.78 is 1.71. The van der Waals surface area contributed by atoms with Gasteiger partial charge in [-0.15, -0.1) is 0 Å². The smallest absolute Gasteiger partial charge is 0.326 e. The average Bonchev–Trinajstić information content (AvgIpc) is 2.33. The molecule has 0 aliphatic rings. The predicted molar refractivity (Wildman–Crippen MR) is 85.3 cm³/mol. The molecule has 19 heavy (non-hydrogen) atoms. The quantitative estimate of drug-likeness (QED) is 0.614. The molecule has 0 bridgehead atoms. The van der Waals surface area contributed by atoms with Gasteiger partial charge in [-0.25, -0.2) is 9.59 Å². The zero-order valence-corrected chi connectivity index (χ0v) is 14.0. The molecule has 7 heteroatoms. The zero-order chi connectivity index (χ0) is 14.4. The van der Waals surface area contributed by atoms with E-state index in [9.17, 15) is 9.59 Å². The van der Waals surface area contributed by atoms with Crippen LogP contribution in [0.2, 0.25) is 0 Å². The summed E-state index contributed by atoms with van der Waals surface area (Å²) in [6.07, 6.45) is 1.09. The van der Waals surface area contributed by atoms with Crippen molar-refractivity contribution in [2.75, 3.05) is 5.32 Å². The minimum atomic E-state index is -1.03. The first-order chi connectivity index (χ1) is 8.93. The van der Waals surface area contributed by atoms with E-state index in [0.29, 0.717) is 18.5 Å². The summed E-state index contributed by atoms with van der Waals surface area (Å²) in [5, 5.41) is 14.1. The van der Waals surface area contributed by atoms with Crippen molar-refractivity contribution in [3.05, 3.63) is 26.2 Å². The number of carboxylic acids is 1. The van der Waals surface area contributed by atoms with Crippen molar-refractivity contribution in [1.29, 1.82) is 0 Å². The molecule has 0 unspecified atom stereocenters. The monoisotopic (exact) mass is 440 g/mol. The van der Waals surface area contributed by atoms with Crippen LogP contribution in [0.1, 0.15) is 19.8 Å². The van der Waals surface area contributed by atoms with Gasteiger partial charge in [0.25, 0.3) is 0 Å². The van der Waals surface area contributed by atoms with E-state index in [1.807, 2.05) is 19.1 Å². The summed E-state index contributed by atoms with van der Waals surface area (Å²) in [5.41, 5.74) is 0.633. The third-order valence-corrected chi connectivity index (χ3v) is 3.79. The first-order valence-electron chi connectivity index (χ1n) is 5.69. The molecule has 0 saturated heterocycles. The van der Waals surface area contributed by atoms with Gasteiger partial charge >= 0.3 is 12.0 Å². The van der Waals surface area contributed by atoms with Gasteiger partial charge in [-0.3, -0.25) is 0 Å². The molecule has 0 radical (unpaired) electrons. The Kier molecular flexibility index (Phi) is 6.56. The van der Waals surface area contributed by atoms with E-state index in [0.717, 1.165) is 8.04 Å². The molecule has 3 N–H and O–H groups in total. The number of anilines is 1. The highest BCUT2D eigenvalue weighted by Gasteiger charge is 2.19. The Morgan fingerprint density at radius 3 is 2.74 bits per heavy atom. The molecule has 1 aromatic carbocycles. The van der Waals surface area contributed by atoms with E-state index in [4.69, 9.17) is 5.11 Å². The maximum absolute atomic E-state index is 11.8. The number of carbonyl (C=O) groups is 2. The minimum Gasteiger partial charge on any atom is -0.480 e. The fraction of sp³-hybridized carbons (Fsp3) is 0.333. The van der Waals surface area contributed by atoms with Crippen LogP contribution < -0.4 is 10.6 Å². The Hall–Kier alpha value is -0.830. The van der Waals surface area contributed by atoms with Crippen LogP contribution in [0.25, 0.3) is 0 Å². The molecular formula is C12H14BrIN2O3. The number of amides is 2. The summed E-state index contributed by atoms with van der Waals surface area (Å²) in [7, 11) is 0. The van der Waals surface area contributed by atoms with Crippen LogP contribution >= 0.6 is 38.5 Å². The largest absolute Gasteiger partial charge is 0.480 e. The highest BCUT2D eigenvalue weighted by atomic mass is 127. The number of hydrogen-bond donors (Lipinski definition) is 3. The van der Waals surface area contributed by atoms with Gasteiger partial charge in [0.15, 0.2) is 0 Å². The molecule has 1 rings (SSSR count). The number of rotatable bonds is 5. The van der Waals surface area contributed by atoms with E-state index in [-0.39, 0.29) is 0 Å². The van der Waals surface area contributed by atoms with Crippen LogP contribution in [0.3, 0.4) is 0 Å². The van der Waals surface area contributed by atoms with Gasteiger partial charge in [-0.05, 0) is 47.2 Å². The van der Waals surface area contributed by atoms with Gasteiger partial charge in [0, 0.05) is 8.04 Å². The van der Waals surface area contributed by atoms with Gasteiger partial charge in [-0.1, -0.05) is 29.3 Å². The Balaban J connectivity index is 2.68. The molecule has 0 aliphatic heterocycles. The predicted octanol–water partition coefficient (Wildman–Crippen LogP) is 3.43. The van der Waals surface area contributed by atoms with Crippen molar-refractivity contribution < 1.29 is 14.7 Å².